The number of phosphoric ester groups is 1. The number of allylic oxidation sites excluding steroid dienone is 2. The molecule has 0 heterocycles. The van der Waals surface area contributed by atoms with E-state index in [1.54, 1.807) is 0 Å². The fraction of sp³-hybridized carbons (Fsp3) is 0.867. The fourth-order valence-electron chi connectivity index (χ4n) is 3.80. The smallest absolute Gasteiger partial charge is 0.306 e. The summed E-state index contributed by atoms with van der Waals surface area (Å²) in [6, 6.07) is 0. The van der Waals surface area contributed by atoms with Gasteiger partial charge in [-0.25, -0.2) is 0 Å². The predicted molar refractivity (Wildman–Crippen MR) is 158 cm³/mol. The molecule has 0 saturated heterocycles. The van der Waals surface area contributed by atoms with Crippen molar-refractivity contribution in [2.45, 2.75) is 123 Å². The molecule has 2 atom stereocenters. The van der Waals surface area contributed by atoms with Gasteiger partial charge in [0, 0.05) is 12.8 Å². The van der Waals surface area contributed by atoms with Crippen LogP contribution in [0, 0.1) is 0 Å². The van der Waals surface area contributed by atoms with Gasteiger partial charge in [0.2, 0.25) is 0 Å². The molecule has 40 heavy (non-hydrogen) atoms. The number of nitrogens with zero attached hydrogens (tertiary/aromatic N) is 1. The molecule has 0 radical (unpaired) electrons. The SMILES string of the molecule is CCCCCCCC/C=C\CCCCCCCC(=O)OC[C@H](COP(=O)([O-])OCC[N+](C)(C)C)OC(=O)CCC. The Morgan fingerprint density at radius 2 is 1.32 bits per heavy atom. The summed E-state index contributed by atoms with van der Waals surface area (Å²) in [6.07, 6.45) is 19.9. The summed E-state index contributed by atoms with van der Waals surface area (Å²) in [5.41, 5.74) is 0. The van der Waals surface area contributed by atoms with Crippen LogP contribution < -0.4 is 4.89 Å². The standard InChI is InChI=1S/C30H58NO8P/c1-6-8-9-10-11-12-13-14-15-16-17-18-19-20-21-23-29(32)36-26-28(39-30(33)22-7-2)27-38-40(34,35)37-25-24-31(3,4)5/h14-15,28H,6-13,16-27H2,1-5H3/b15-14-/t28-/m1/s1. The van der Waals surface area contributed by atoms with Crippen molar-refractivity contribution in [3.63, 3.8) is 0 Å². The number of hydrogen-bond acceptors (Lipinski definition) is 8. The largest absolute Gasteiger partial charge is 0.756 e. The molecule has 0 aliphatic carbocycles. The number of carbonyl (C=O) groups excluding carboxylic acids is 2. The van der Waals surface area contributed by atoms with Gasteiger partial charge in [-0.15, -0.1) is 0 Å². The molecule has 0 aromatic heterocycles. The van der Waals surface area contributed by atoms with Crippen molar-refractivity contribution < 1.29 is 42.1 Å². The normalized spacial score (nSPS) is 14.2. The minimum absolute atomic E-state index is 0.0322. The Hall–Kier alpha value is -1.25. The van der Waals surface area contributed by atoms with E-state index in [0.717, 1.165) is 38.5 Å². The Kier molecular flexibility index (Phi) is 23.6. The lowest BCUT2D eigenvalue weighted by Gasteiger charge is -2.28. The number of hydrogen-bond donors (Lipinski definition) is 0. The molecule has 0 aromatic rings. The van der Waals surface area contributed by atoms with Crippen LogP contribution >= 0.6 is 7.82 Å². The van der Waals surface area contributed by atoms with Gasteiger partial charge in [0.1, 0.15) is 19.8 Å². The highest BCUT2D eigenvalue weighted by Crippen LogP contribution is 2.38. The highest BCUT2D eigenvalue weighted by Gasteiger charge is 2.21. The minimum atomic E-state index is -4.58. The molecule has 9 nitrogen and oxygen atoms in total. The van der Waals surface area contributed by atoms with E-state index in [0.29, 0.717) is 17.4 Å². The third kappa shape index (κ3) is 26.9. The summed E-state index contributed by atoms with van der Waals surface area (Å²) < 4.78 is 32.9. The summed E-state index contributed by atoms with van der Waals surface area (Å²) in [6.45, 7) is 3.77. The van der Waals surface area contributed by atoms with Crippen LogP contribution in [0.3, 0.4) is 0 Å². The van der Waals surface area contributed by atoms with Crippen LogP contribution in [0.5, 0.6) is 0 Å². The lowest BCUT2D eigenvalue weighted by Crippen LogP contribution is -2.37. The van der Waals surface area contributed by atoms with Crippen molar-refractivity contribution in [1.29, 1.82) is 0 Å². The molecule has 0 fully saturated rings. The van der Waals surface area contributed by atoms with E-state index in [9.17, 15) is 19.0 Å². The number of esters is 2. The van der Waals surface area contributed by atoms with Gasteiger partial charge in [-0.2, -0.15) is 0 Å². The third-order valence-electron chi connectivity index (χ3n) is 6.26. The van der Waals surface area contributed by atoms with Crippen molar-refractivity contribution in [3.8, 4) is 0 Å². The van der Waals surface area contributed by atoms with Crippen molar-refractivity contribution >= 4 is 19.8 Å². The molecule has 10 heteroatoms. The zero-order valence-electron chi connectivity index (χ0n) is 26.0. The molecule has 0 saturated carbocycles. The maximum absolute atomic E-state index is 12.2. The first-order valence-corrected chi connectivity index (χ1v) is 16.9. The highest BCUT2D eigenvalue weighted by atomic mass is 31.2. The molecule has 236 valence electrons. The monoisotopic (exact) mass is 591 g/mol. The molecule has 0 amide bonds. The van der Waals surface area contributed by atoms with Gasteiger partial charge in [-0.3, -0.25) is 14.2 Å². The van der Waals surface area contributed by atoms with Crippen LogP contribution in [0.4, 0.5) is 0 Å². The van der Waals surface area contributed by atoms with Crippen LogP contribution in [0.2, 0.25) is 0 Å². The zero-order valence-corrected chi connectivity index (χ0v) is 26.9. The summed E-state index contributed by atoms with van der Waals surface area (Å²) >= 11 is 0. The molecule has 1 unspecified atom stereocenters. The lowest BCUT2D eigenvalue weighted by atomic mass is 10.1. The number of rotatable bonds is 27. The summed E-state index contributed by atoms with van der Waals surface area (Å²) in [5.74, 6) is -0.908. The second-order valence-corrected chi connectivity index (χ2v) is 12.9. The maximum Gasteiger partial charge on any atom is 0.306 e. The first-order valence-electron chi connectivity index (χ1n) is 15.4. The summed E-state index contributed by atoms with van der Waals surface area (Å²) in [4.78, 5) is 36.2. The summed E-state index contributed by atoms with van der Waals surface area (Å²) in [5, 5.41) is 0. The van der Waals surface area contributed by atoms with Gasteiger partial charge in [0.25, 0.3) is 7.82 Å². The van der Waals surface area contributed by atoms with E-state index >= 15 is 0 Å². The van der Waals surface area contributed by atoms with E-state index in [4.69, 9.17) is 18.5 Å². The predicted octanol–water partition coefficient (Wildman–Crippen LogP) is 6.49. The Morgan fingerprint density at radius 3 is 1.90 bits per heavy atom. The zero-order chi connectivity index (χ0) is 30.1. The first kappa shape index (κ1) is 38.8. The minimum Gasteiger partial charge on any atom is -0.756 e. The van der Waals surface area contributed by atoms with E-state index in [1.165, 1.54) is 44.9 Å². The highest BCUT2D eigenvalue weighted by molar-refractivity contribution is 7.45. The molecule has 0 N–H and O–H groups in total. The van der Waals surface area contributed by atoms with E-state index in [-0.39, 0.29) is 26.1 Å². The Balaban J connectivity index is 4.12. The van der Waals surface area contributed by atoms with Crippen LogP contribution in [-0.4, -0.2) is 70.0 Å². The van der Waals surface area contributed by atoms with Gasteiger partial charge >= 0.3 is 11.9 Å². The van der Waals surface area contributed by atoms with E-state index in [1.807, 2.05) is 28.1 Å². The fourth-order valence-corrected chi connectivity index (χ4v) is 4.53. The molecular formula is C30H58NO8P. The number of unbranched alkanes of at least 4 members (excludes halogenated alkanes) is 11. The van der Waals surface area contributed by atoms with Crippen molar-refractivity contribution in [3.05, 3.63) is 12.2 Å². The topological polar surface area (TPSA) is 111 Å². The molecule has 0 aromatic carbocycles. The molecule has 0 rings (SSSR count). The van der Waals surface area contributed by atoms with Gasteiger partial charge in [-0.1, -0.05) is 77.4 Å². The second kappa shape index (κ2) is 24.4. The number of ether oxygens (including phenoxy) is 2. The van der Waals surface area contributed by atoms with Crippen LogP contribution in [-0.2, 0) is 32.7 Å². The van der Waals surface area contributed by atoms with Crippen LogP contribution in [0.1, 0.15) is 117 Å². The van der Waals surface area contributed by atoms with Crippen molar-refractivity contribution in [2.24, 2.45) is 0 Å². The lowest BCUT2D eigenvalue weighted by molar-refractivity contribution is -0.870. The number of phosphoric acid groups is 1. The number of likely N-dealkylation sites (N-methyl/N-ethyl adjacent to an activating group) is 1. The van der Waals surface area contributed by atoms with Crippen LogP contribution in [0.25, 0.3) is 0 Å². The Morgan fingerprint density at radius 1 is 0.750 bits per heavy atom. The molecular weight excluding hydrogens is 533 g/mol. The molecule has 0 spiro atoms. The van der Waals surface area contributed by atoms with E-state index < -0.39 is 32.5 Å². The van der Waals surface area contributed by atoms with Gasteiger partial charge in [0.05, 0.1) is 27.7 Å². The van der Waals surface area contributed by atoms with Crippen molar-refractivity contribution in [2.75, 3.05) is 47.5 Å². The number of quaternary nitrogens is 1. The van der Waals surface area contributed by atoms with Gasteiger partial charge in [0.15, 0.2) is 6.10 Å². The van der Waals surface area contributed by atoms with E-state index in [2.05, 4.69) is 19.1 Å². The first-order chi connectivity index (χ1) is 19.0. The summed E-state index contributed by atoms with van der Waals surface area (Å²) in [7, 11) is 1.15. The molecule has 0 bridgehead atoms. The van der Waals surface area contributed by atoms with Gasteiger partial charge < -0.3 is 27.9 Å². The maximum atomic E-state index is 12.2. The van der Waals surface area contributed by atoms with Crippen LogP contribution in [0.15, 0.2) is 12.2 Å². The Bertz CT molecular complexity index is 723. The quantitative estimate of drug-likeness (QED) is 0.0351. The average Bonchev–Trinajstić information content (AvgIpc) is 2.87. The molecule has 0 aliphatic heterocycles. The van der Waals surface area contributed by atoms with Crippen molar-refractivity contribution in [1.82, 2.24) is 0 Å². The average molecular weight is 592 g/mol. The Labute approximate surface area is 244 Å². The second-order valence-electron chi connectivity index (χ2n) is 11.5. The third-order valence-corrected chi connectivity index (χ3v) is 7.22. The number of carbonyl (C=O) groups is 2. The van der Waals surface area contributed by atoms with Gasteiger partial charge in [-0.05, 0) is 38.5 Å². The molecule has 0 aliphatic rings.